The summed E-state index contributed by atoms with van der Waals surface area (Å²) in [5, 5.41) is 0.374. The van der Waals surface area contributed by atoms with Gasteiger partial charge in [-0.25, -0.2) is 0 Å². The van der Waals surface area contributed by atoms with Crippen LogP contribution in [0.2, 0.25) is 15.1 Å². The Kier molecular flexibility index (Phi) is 9.77. The molecule has 0 heterocycles. The van der Waals surface area contributed by atoms with Gasteiger partial charge in [-0.05, 0) is 31.4 Å². The molecule has 0 spiro atoms. The molecular formula is C19H25Cl3O4. The lowest BCUT2D eigenvalue weighted by Crippen LogP contribution is -2.42. The molecule has 146 valence electrons. The third-order valence-electron chi connectivity index (χ3n) is 4.42. The zero-order valence-electron chi connectivity index (χ0n) is 15.4. The number of carbonyl (C=O) groups is 2. The Morgan fingerprint density at radius 1 is 0.923 bits per heavy atom. The smallest absolute Gasteiger partial charge is 0.328 e. The highest BCUT2D eigenvalue weighted by Crippen LogP contribution is 2.40. The van der Waals surface area contributed by atoms with Crippen molar-refractivity contribution in [1.29, 1.82) is 0 Å². The van der Waals surface area contributed by atoms with E-state index in [2.05, 4.69) is 6.92 Å². The fourth-order valence-electron chi connectivity index (χ4n) is 2.53. The first kappa shape index (κ1) is 23.1. The lowest BCUT2D eigenvalue weighted by atomic mass is 9.82. The van der Waals surface area contributed by atoms with Crippen molar-refractivity contribution in [3.8, 4) is 5.75 Å². The molecule has 0 saturated heterocycles. The molecule has 7 heteroatoms. The summed E-state index contributed by atoms with van der Waals surface area (Å²) in [6, 6.07) is 2.98. The second-order valence-corrected chi connectivity index (χ2v) is 7.24. The first-order valence-corrected chi connectivity index (χ1v) is 10.00. The molecule has 0 aliphatic heterocycles. The van der Waals surface area contributed by atoms with Crippen molar-refractivity contribution in [3.63, 3.8) is 0 Å². The predicted octanol–water partition coefficient (Wildman–Crippen LogP) is 6.48. The normalized spacial score (nSPS) is 11.3. The molecule has 0 amide bonds. The molecule has 0 aliphatic carbocycles. The highest BCUT2D eigenvalue weighted by molar-refractivity contribution is 6.44. The maximum absolute atomic E-state index is 12.8. The molecular weight excluding hydrogens is 399 g/mol. The molecule has 0 N–H and O–H groups in total. The largest absolute Gasteiger partial charge is 0.465 e. The summed E-state index contributed by atoms with van der Waals surface area (Å²) in [5.41, 5.74) is -1.40. The van der Waals surface area contributed by atoms with E-state index in [1.807, 2.05) is 0 Å². The van der Waals surface area contributed by atoms with Gasteiger partial charge in [-0.2, -0.15) is 0 Å². The summed E-state index contributed by atoms with van der Waals surface area (Å²) in [7, 11) is 0. The van der Waals surface area contributed by atoms with Crippen molar-refractivity contribution in [3.05, 3.63) is 27.2 Å². The van der Waals surface area contributed by atoms with E-state index < -0.39 is 17.4 Å². The van der Waals surface area contributed by atoms with Gasteiger partial charge < -0.3 is 9.47 Å². The summed E-state index contributed by atoms with van der Waals surface area (Å²) in [6.45, 7) is 5.87. The molecule has 0 saturated carbocycles. The van der Waals surface area contributed by atoms with Gasteiger partial charge >= 0.3 is 11.9 Å². The number of carbonyl (C=O) groups excluding carboxylic acids is 2. The van der Waals surface area contributed by atoms with E-state index in [4.69, 9.17) is 44.3 Å². The summed E-state index contributed by atoms with van der Waals surface area (Å²) >= 11 is 18.1. The molecule has 0 radical (unpaired) electrons. The molecule has 1 aromatic carbocycles. The zero-order valence-corrected chi connectivity index (χ0v) is 17.6. The average molecular weight is 424 g/mol. The molecule has 0 bridgehead atoms. The quantitative estimate of drug-likeness (QED) is 0.142. The average Bonchev–Trinajstić information content (AvgIpc) is 2.63. The van der Waals surface area contributed by atoms with Crippen LogP contribution in [0.4, 0.5) is 0 Å². The second kappa shape index (κ2) is 11.0. The van der Waals surface area contributed by atoms with Crippen molar-refractivity contribution in [2.75, 3.05) is 6.61 Å². The van der Waals surface area contributed by atoms with Gasteiger partial charge in [-0.1, -0.05) is 74.8 Å². The standard InChI is InChI=1S/C19H25Cl3O4/c1-4-7-8-9-12-25-17(23)19(5-2,6-3)18(24)26-16-14(21)11-10-13(20)15(16)22/h10-11H,4-9,12H2,1-3H3. The van der Waals surface area contributed by atoms with Crippen LogP contribution in [0.1, 0.15) is 59.3 Å². The molecule has 26 heavy (non-hydrogen) atoms. The van der Waals surface area contributed by atoms with Crippen molar-refractivity contribution >= 4 is 46.7 Å². The van der Waals surface area contributed by atoms with Crippen LogP contribution in [0, 0.1) is 5.41 Å². The molecule has 4 nitrogen and oxygen atoms in total. The van der Waals surface area contributed by atoms with Crippen molar-refractivity contribution < 1.29 is 19.1 Å². The minimum absolute atomic E-state index is 0.0292. The zero-order chi connectivity index (χ0) is 19.7. The van der Waals surface area contributed by atoms with E-state index in [0.29, 0.717) is 0 Å². The van der Waals surface area contributed by atoms with Crippen LogP contribution >= 0.6 is 34.8 Å². The van der Waals surface area contributed by atoms with Crippen LogP contribution in [0.15, 0.2) is 12.1 Å². The fraction of sp³-hybridized carbons (Fsp3) is 0.579. The molecule has 0 unspecified atom stereocenters. The fourth-order valence-corrected chi connectivity index (χ4v) is 3.13. The summed E-state index contributed by atoms with van der Waals surface area (Å²) in [5.74, 6) is -1.38. The highest BCUT2D eigenvalue weighted by atomic mass is 35.5. The maximum atomic E-state index is 12.8. The van der Waals surface area contributed by atoms with Gasteiger partial charge in [-0.3, -0.25) is 9.59 Å². The first-order chi connectivity index (χ1) is 12.3. The molecule has 0 fully saturated rings. The van der Waals surface area contributed by atoms with E-state index >= 15 is 0 Å². The highest BCUT2D eigenvalue weighted by Gasteiger charge is 2.46. The van der Waals surface area contributed by atoms with Gasteiger partial charge in [0.1, 0.15) is 5.02 Å². The van der Waals surface area contributed by atoms with Crippen LogP contribution < -0.4 is 4.74 Å². The summed E-state index contributed by atoms with van der Waals surface area (Å²) < 4.78 is 10.7. The number of ether oxygens (including phenoxy) is 2. The third kappa shape index (κ3) is 5.51. The molecule has 0 aromatic heterocycles. The number of benzene rings is 1. The van der Waals surface area contributed by atoms with Crippen LogP contribution in [0.25, 0.3) is 0 Å². The molecule has 1 aromatic rings. The summed E-state index contributed by atoms with van der Waals surface area (Å²) in [4.78, 5) is 25.4. The van der Waals surface area contributed by atoms with E-state index in [-0.39, 0.29) is 40.3 Å². The number of halogens is 3. The Hall–Kier alpha value is -0.970. The number of hydrogen-bond donors (Lipinski definition) is 0. The predicted molar refractivity (Wildman–Crippen MR) is 105 cm³/mol. The SMILES string of the molecule is CCCCCCOC(=O)C(CC)(CC)C(=O)Oc1c(Cl)ccc(Cl)c1Cl. The summed E-state index contributed by atoms with van der Waals surface area (Å²) in [6.07, 6.45) is 4.41. The number of unbranched alkanes of at least 4 members (excludes halogenated alkanes) is 3. The Bertz CT molecular complexity index is 627. The molecule has 1 rings (SSSR count). The van der Waals surface area contributed by atoms with Crippen molar-refractivity contribution in [2.24, 2.45) is 5.41 Å². The topological polar surface area (TPSA) is 52.6 Å². The van der Waals surface area contributed by atoms with E-state index in [1.54, 1.807) is 13.8 Å². The van der Waals surface area contributed by atoms with Crippen LogP contribution in [0.3, 0.4) is 0 Å². The van der Waals surface area contributed by atoms with Crippen LogP contribution in [0.5, 0.6) is 5.75 Å². The Morgan fingerprint density at radius 2 is 1.54 bits per heavy atom. The molecule has 0 aliphatic rings. The lowest BCUT2D eigenvalue weighted by molar-refractivity contribution is -0.168. The van der Waals surface area contributed by atoms with Gasteiger partial charge in [0, 0.05) is 0 Å². The maximum Gasteiger partial charge on any atom is 0.328 e. The van der Waals surface area contributed by atoms with E-state index in [1.165, 1.54) is 12.1 Å². The monoisotopic (exact) mass is 422 g/mol. The Labute approximate surface area is 170 Å². The number of rotatable bonds is 10. The van der Waals surface area contributed by atoms with Crippen molar-refractivity contribution in [1.82, 2.24) is 0 Å². The Balaban J connectivity index is 2.92. The third-order valence-corrected chi connectivity index (χ3v) is 5.50. The Morgan fingerprint density at radius 3 is 2.12 bits per heavy atom. The second-order valence-electron chi connectivity index (χ2n) is 6.05. The lowest BCUT2D eigenvalue weighted by Gasteiger charge is -2.27. The van der Waals surface area contributed by atoms with Crippen LogP contribution in [-0.2, 0) is 14.3 Å². The van der Waals surface area contributed by atoms with Gasteiger partial charge in [0.15, 0.2) is 11.2 Å². The van der Waals surface area contributed by atoms with Gasteiger partial charge in [0.25, 0.3) is 0 Å². The van der Waals surface area contributed by atoms with Gasteiger partial charge in [-0.15, -0.1) is 0 Å². The van der Waals surface area contributed by atoms with E-state index in [0.717, 1.165) is 25.7 Å². The van der Waals surface area contributed by atoms with Gasteiger partial charge in [0.05, 0.1) is 16.7 Å². The number of hydrogen-bond acceptors (Lipinski definition) is 4. The first-order valence-electron chi connectivity index (χ1n) is 8.87. The van der Waals surface area contributed by atoms with E-state index in [9.17, 15) is 9.59 Å². The van der Waals surface area contributed by atoms with Crippen LogP contribution in [-0.4, -0.2) is 18.5 Å². The minimum Gasteiger partial charge on any atom is -0.465 e. The van der Waals surface area contributed by atoms with Gasteiger partial charge in [0.2, 0.25) is 0 Å². The van der Waals surface area contributed by atoms with Crippen molar-refractivity contribution in [2.45, 2.75) is 59.3 Å². The molecule has 0 atom stereocenters. The number of esters is 2. The minimum atomic E-state index is -1.40.